The highest BCUT2D eigenvalue weighted by Crippen LogP contribution is 2.15. The molecule has 0 aliphatic heterocycles. The van der Waals surface area contributed by atoms with Gasteiger partial charge in [-0.25, -0.2) is 5.43 Å². The maximum absolute atomic E-state index is 12.3. The molecule has 6 heteroatoms. The summed E-state index contributed by atoms with van der Waals surface area (Å²) in [4.78, 5) is 12.3. The van der Waals surface area contributed by atoms with Gasteiger partial charge in [-0.1, -0.05) is 46.6 Å². The van der Waals surface area contributed by atoms with Crippen molar-refractivity contribution in [1.29, 1.82) is 0 Å². The largest absolute Gasteiger partial charge is 0.374 e. The fourth-order valence-electron chi connectivity index (χ4n) is 2.07. The second-order valence-corrected chi connectivity index (χ2v) is 6.64. The van der Waals surface area contributed by atoms with Crippen molar-refractivity contribution in [2.75, 3.05) is 5.32 Å². The number of hydrogen-bond acceptors (Lipinski definition) is 3. The fourth-order valence-corrected chi connectivity index (χ4v) is 2.46. The zero-order valence-corrected chi connectivity index (χ0v) is 15.9. The number of hydrazone groups is 1. The van der Waals surface area contributed by atoms with Gasteiger partial charge in [0.25, 0.3) is 5.91 Å². The summed E-state index contributed by atoms with van der Waals surface area (Å²) in [5.74, 6) is -0.177. The fraction of sp³-hybridized carbons (Fsp3) is 0.222. The Balaban J connectivity index is 1.99. The van der Waals surface area contributed by atoms with Gasteiger partial charge >= 0.3 is 0 Å². The van der Waals surface area contributed by atoms with Crippen molar-refractivity contribution in [3.8, 4) is 0 Å². The number of nitrogens with zero attached hydrogens (tertiary/aromatic N) is 1. The number of nitrogens with one attached hydrogen (secondary N) is 2. The zero-order valence-electron chi connectivity index (χ0n) is 13.5. The van der Waals surface area contributed by atoms with Crippen molar-refractivity contribution in [3.05, 3.63) is 63.6 Å². The summed E-state index contributed by atoms with van der Waals surface area (Å²) in [5.41, 5.74) is 5.17. The lowest BCUT2D eigenvalue weighted by atomic mass is 10.1. The van der Waals surface area contributed by atoms with Gasteiger partial charge in [0.2, 0.25) is 0 Å². The Morgan fingerprint density at radius 3 is 2.38 bits per heavy atom. The van der Waals surface area contributed by atoms with Gasteiger partial charge in [0, 0.05) is 15.2 Å². The standard InChI is InChI=1S/C18H19BrClN3O/c1-3-17(21-16-10-8-15(20)9-11-16)18(24)23-22-12(2)13-4-6-14(19)7-5-13/h4-11,17,21H,3H2,1-2H3,(H,23,24)/b22-12-/t17-/m0/s1. The number of hydrogen-bond donors (Lipinski definition) is 2. The Hall–Kier alpha value is -1.85. The third-order valence-corrected chi connectivity index (χ3v) is 4.29. The van der Waals surface area contributed by atoms with E-state index in [4.69, 9.17) is 11.6 Å². The smallest absolute Gasteiger partial charge is 0.262 e. The van der Waals surface area contributed by atoms with Gasteiger partial charge in [-0.05, 0) is 55.3 Å². The average Bonchev–Trinajstić information content (AvgIpc) is 2.59. The summed E-state index contributed by atoms with van der Waals surface area (Å²) in [6.07, 6.45) is 0.640. The molecule has 0 aliphatic rings. The van der Waals surface area contributed by atoms with E-state index in [2.05, 4.69) is 31.8 Å². The first-order valence-electron chi connectivity index (χ1n) is 7.61. The third-order valence-electron chi connectivity index (χ3n) is 3.51. The van der Waals surface area contributed by atoms with E-state index in [0.29, 0.717) is 11.4 Å². The molecule has 1 atom stereocenters. The maximum atomic E-state index is 12.3. The molecule has 0 unspecified atom stereocenters. The van der Waals surface area contributed by atoms with Gasteiger partial charge in [0.1, 0.15) is 6.04 Å². The van der Waals surface area contributed by atoms with Crippen LogP contribution in [0.3, 0.4) is 0 Å². The van der Waals surface area contributed by atoms with Crippen molar-refractivity contribution in [1.82, 2.24) is 5.43 Å². The zero-order chi connectivity index (χ0) is 17.5. The van der Waals surface area contributed by atoms with Crippen LogP contribution in [0.5, 0.6) is 0 Å². The van der Waals surface area contributed by atoms with Crippen LogP contribution in [-0.2, 0) is 4.79 Å². The Kier molecular flexibility index (Phi) is 6.82. The number of rotatable bonds is 6. The maximum Gasteiger partial charge on any atom is 0.262 e. The van der Waals surface area contributed by atoms with Crippen LogP contribution in [0.2, 0.25) is 5.02 Å². The first-order chi connectivity index (χ1) is 11.5. The van der Waals surface area contributed by atoms with E-state index in [0.717, 1.165) is 21.4 Å². The molecule has 2 aromatic carbocycles. The number of benzene rings is 2. The summed E-state index contributed by atoms with van der Waals surface area (Å²) in [5, 5.41) is 8.03. The normalized spacial score (nSPS) is 12.6. The van der Waals surface area contributed by atoms with Crippen LogP contribution in [-0.4, -0.2) is 17.7 Å². The molecule has 1 amide bonds. The van der Waals surface area contributed by atoms with Crippen LogP contribution < -0.4 is 10.7 Å². The van der Waals surface area contributed by atoms with E-state index in [9.17, 15) is 4.79 Å². The SMILES string of the molecule is CC[C@H](Nc1ccc(Cl)cc1)C(=O)N/N=C(/C)c1ccc(Br)cc1. The van der Waals surface area contributed by atoms with Crippen LogP contribution in [0, 0.1) is 0 Å². The van der Waals surface area contributed by atoms with Gasteiger partial charge < -0.3 is 5.32 Å². The average molecular weight is 409 g/mol. The molecule has 2 N–H and O–H groups in total. The highest BCUT2D eigenvalue weighted by Gasteiger charge is 2.15. The van der Waals surface area contributed by atoms with Gasteiger partial charge in [-0.2, -0.15) is 5.10 Å². The van der Waals surface area contributed by atoms with Crippen LogP contribution in [0.4, 0.5) is 5.69 Å². The summed E-state index contributed by atoms with van der Waals surface area (Å²) >= 11 is 9.26. The number of amides is 1. The third kappa shape index (κ3) is 5.35. The van der Waals surface area contributed by atoms with Crippen LogP contribution in [0.15, 0.2) is 58.1 Å². The van der Waals surface area contributed by atoms with E-state index < -0.39 is 0 Å². The van der Waals surface area contributed by atoms with Crippen LogP contribution in [0.25, 0.3) is 0 Å². The lowest BCUT2D eigenvalue weighted by Gasteiger charge is -2.16. The Labute approximate surface area is 155 Å². The lowest BCUT2D eigenvalue weighted by molar-refractivity contribution is -0.121. The molecule has 2 rings (SSSR count). The Morgan fingerprint density at radius 2 is 1.79 bits per heavy atom. The molecule has 2 aromatic rings. The van der Waals surface area contributed by atoms with Crippen LogP contribution >= 0.6 is 27.5 Å². The number of carbonyl (C=O) groups excluding carboxylic acids is 1. The van der Waals surface area contributed by atoms with Crippen molar-refractivity contribution in [3.63, 3.8) is 0 Å². The highest BCUT2D eigenvalue weighted by atomic mass is 79.9. The second-order valence-electron chi connectivity index (χ2n) is 5.29. The summed E-state index contributed by atoms with van der Waals surface area (Å²) in [7, 11) is 0. The van der Waals surface area contributed by atoms with Gasteiger partial charge in [0.05, 0.1) is 5.71 Å². The van der Waals surface area contributed by atoms with E-state index in [1.165, 1.54) is 0 Å². The topological polar surface area (TPSA) is 53.5 Å². The second kappa shape index (κ2) is 8.85. The van der Waals surface area contributed by atoms with Crippen molar-refractivity contribution in [2.24, 2.45) is 5.10 Å². The van der Waals surface area contributed by atoms with Gasteiger partial charge in [-0.15, -0.1) is 0 Å². The van der Waals surface area contributed by atoms with E-state index >= 15 is 0 Å². The van der Waals surface area contributed by atoms with Gasteiger partial charge in [-0.3, -0.25) is 4.79 Å². The summed E-state index contributed by atoms with van der Waals surface area (Å²) in [6, 6.07) is 14.6. The molecule has 24 heavy (non-hydrogen) atoms. The molecule has 0 heterocycles. The Bertz CT molecular complexity index is 714. The molecular formula is C18H19BrClN3O. The van der Waals surface area contributed by atoms with E-state index in [-0.39, 0.29) is 11.9 Å². The summed E-state index contributed by atoms with van der Waals surface area (Å²) < 4.78 is 1.00. The molecule has 0 bridgehead atoms. The molecule has 0 spiro atoms. The molecule has 0 radical (unpaired) electrons. The lowest BCUT2D eigenvalue weighted by Crippen LogP contribution is -2.37. The Morgan fingerprint density at radius 1 is 1.17 bits per heavy atom. The summed E-state index contributed by atoms with van der Waals surface area (Å²) in [6.45, 7) is 3.80. The number of anilines is 1. The molecule has 0 saturated heterocycles. The quantitative estimate of drug-likeness (QED) is 0.531. The number of halogens is 2. The van der Waals surface area contributed by atoms with Gasteiger partial charge in [0.15, 0.2) is 0 Å². The van der Waals surface area contributed by atoms with E-state index in [1.807, 2.05) is 50.2 Å². The van der Waals surface area contributed by atoms with Crippen molar-refractivity contribution in [2.45, 2.75) is 26.3 Å². The van der Waals surface area contributed by atoms with Crippen molar-refractivity contribution < 1.29 is 4.79 Å². The van der Waals surface area contributed by atoms with E-state index in [1.54, 1.807) is 12.1 Å². The van der Waals surface area contributed by atoms with Crippen molar-refractivity contribution >= 4 is 44.8 Å². The minimum Gasteiger partial charge on any atom is -0.374 e. The minimum atomic E-state index is -0.368. The molecule has 0 aromatic heterocycles. The first-order valence-corrected chi connectivity index (χ1v) is 8.79. The predicted octanol–water partition coefficient (Wildman–Crippen LogP) is 4.83. The first kappa shape index (κ1) is 18.5. The van der Waals surface area contributed by atoms with Crippen LogP contribution in [0.1, 0.15) is 25.8 Å². The molecule has 126 valence electrons. The molecular weight excluding hydrogens is 390 g/mol. The number of carbonyl (C=O) groups is 1. The molecule has 0 aliphatic carbocycles. The predicted molar refractivity (Wildman–Crippen MR) is 104 cm³/mol. The monoisotopic (exact) mass is 407 g/mol. The molecule has 0 saturated carbocycles. The highest BCUT2D eigenvalue weighted by molar-refractivity contribution is 9.10. The molecule has 0 fully saturated rings. The minimum absolute atomic E-state index is 0.177. The molecule has 4 nitrogen and oxygen atoms in total.